The van der Waals surface area contributed by atoms with Crippen LogP contribution in [-0.4, -0.2) is 23.3 Å². The topological polar surface area (TPSA) is 57.4 Å². The Kier molecular flexibility index (Phi) is 2.67. The van der Waals surface area contributed by atoms with Gasteiger partial charge in [0.1, 0.15) is 0 Å². The second kappa shape index (κ2) is 3.68. The third-order valence-electron chi connectivity index (χ3n) is 3.44. The van der Waals surface area contributed by atoms with Crippen LogP contribution >= 0.6 is 0 Å². The van der Waals surface area contributed by atoms with E-state index in [1.165, 1.54) is 12.3 Å². The Bertz CT molecular complexity index is 435. The van der Waals surface area contributed by atoms with E-state index in [-0.39, 0.29) is 0 Å². The van der Waals surface area contributed by atoms with Crippen LogP contribution < -0.4 is 11.2 Å². The lowest BCUT2D eigenvalue weighted by atomic mass is 9.78. The fraction of sp³-hybridized carbons (Fsp3) is 0.545. The van der Waals surface area contributed by atoms with Crippen LogP contribution in [0.2, 0.25) is 0 Å². The summed E-state index contributed by atoms with van der Waals surface area (Å²) in [6, 6.07) is 1.25. The predicted octanol–water partition coefficient (Wildman–Crippen LogP) is 1.10. The molecule has 0 aromatic carbocycles. The highest BCUT2D eigenvalue weighted by atomic mass is 19.1. The number of pyridine rings is 1. The number of hydrogen-bond acceptors (Lipinski definition) is 4. The van der Waals surface area contributed by atoms with E-state index < -0.39 is 24.3 Å². The first kappa shape index (κ1) is 12.3. The summed E-state index contributed by atoms with van der Waals surface area (Å²) >= 11 is 0. The Morgan fingerprint density at radius 1 is 1.24 bits per heavy atom. The van der Waals surface area contributed by atoms with Crippen LogP contribution in [0.1, 0.15) is 27.7 Å². The molecular weight excluding hydrogens is 222 g/mol. The monoisotopic (exact) mass is 238 g/mol. The highest BCUT2D eigenvalue weighted by Gasteiger charge is 2.52. The van der Waals surface area contributed by atoms with Gasteiger partial charge in [-0.05, 0) is 33.8 Å². The lowest BCUT2D eigenvalue weighted by molar-refractivity contribution is 0.00578. The van der Waals surface area contributed by atoms with Crippen LogP contribution in [0.4, 0.5) is 10.1 Å². The summed E-state index contributed by atoms with van der Waals surface area (Å²) < 4.78 is 24.7. The summed E-state index contributed by atoms with van der Waals surface area (Å²) in [5.41, 5.74) is 5.67. The highest BCUT2D eigenvalue weighted by molar-refractivity contribution is 6.63. The van der Waals surface area contributed by atoms with E-state index in [0.29, 0.717) is 11.2 Å². The lowest BCUT2D eigenvalue weighted by Gasteiger charge is -2.32. The maximum atomic E-state index is 13.1. The van der Waals surface area contributed by atoms with Gasteiger partial charge in [-0.15, -0.1) is 0 Å². The van der Waals surface area contributed by atoms with Gasteiger partial charge in [0.15, 0.2) is 0 Å². The quantitative estimate of drug-likeness (QED) is 0.588. The Hall–Kier alpha value is -1.14. The molecule has 0 aliphatic carbocycles. The second-order valence-corrected chi connectivity index (χ2v) is 5.22. The molecule has 0 bridgehead atoms. The molecule has 6 heteroatoms. The van der Waals surface area contributed by atoms with Crippen LogP contribution in [-0.2, 0) is 9.31 Å². The smallest absolute Gasteiger partial charge is 0.399 e. The molecule has 1 aliphatic rings. The van der Waals surface area contributed by atoms with Crippen molar-refractivity contribution in [2.45, 2.75) is 38.9 Å². The molecule has 4 nitrogen and oxygen atoms in total. The molecule has 17 heavy (non-hydrogen) atoms. The lowest BCUT2D eigenvalue weighted by Crippen LogP contribution is -2.41. The minimum absolute atomic E-state index is 0.366. The minimum atomic E-state index is -0.655. The molecule has 2 rings (SSSR count). The third-order valence-corrected chi connectivity index (χ3v) is 3.44. The Morgan fingerprint density at radius 3 is 2.29 bits per heavy atom. The van der Waals surface area contributed by atoms with Gasteiger partial charge in [-0.2, -0.15) is 4.39 Å². The van der Waals surface area contributed by atoms with Crippen LogP contribution in [0.25, 0.3) is 0 Å². The summed E-state index contributed by atoms with van der Waals surface area (Å²) in [4.78, 5) is 3.48. The van der Waals surface area contributed by atoms with Crippen molar-refractivity contribution >= 4 is 18.3 Å². The number of nitrogens with two attached hydrogens (primary N) is 1. The molecule has 0 radical (unpaired) electrons. The summed E-state index contributed by atoms with van der Waals surface area (Å²) in [6.07, 6.45) is 1.27. The normalized spacial score (nSPS) is 21.8. The Balaban J connectivity index is 2.35. The molecule has 1 aliphatic heterocycles. The molecule has 0 saturated carbocycles. The first-order valence-electron chi connectivity index (χ1n) is 5.49. The Morgan fingerprint density at radius 2 is 1.76 bits per heavy atom. The van der Waals surface area contributed by atoms with E-state index in [1.807, 2.05) is 27.7 Å². The number of nitrogen functional groups attached to an aromatic ring is 1. The van der Waals surface area contributed by atoms with Crippen molar-refractivity contribution in [3.05, 3.63) is 18.2 Å². The van der Waals surface area contributed by atoms with Crippen molar-refractivity contribution in [3.63, 3.8) is 0 Å². The Labute approximate surface area is 100 Å². The van der Waals surface area contributed by atoms with Gasteiger partial charge in [0, 0.05) is 11.2 Å². The number of halogens is 1. The van der Waals surface area contributed by atoms with E-state index in [2.05, 4.69) is 4.98 Å². The van der Waals surface area contributed by atoms with Gasteiger partial charge in [0.05, 0.1) is 17.4 Å². The van der Waals surface area contributed by atoms with Gasteiger partial charge in [-0.1, -0.05) is 0 Å². The molecule has 1 aromatic rings. The van der Waals surface area contributed by atoms with Crippen LogP contribution in [0, 0.1) is 5.95 Å². The van der Waals surface area contributed by atoms with Gasteiger partial charge in [0.25, 0.3) is 0 Å². The zero-order chi connectivity index (χ0) is 12.8. The molecular formula is C11H16BFN2O2. The van der Waals surface area contributed by atoms with Crippen molar-refractivity contribution in [2.75, 3.05) is 5.73 Å². The van der Waals surface area contributed by atoms with Crippen LogP contribution in [0.3, 0.4) is 0 Å². The molecule has 0 unspecified atom stereocenters. The molecule has 1 fully saturated rings. The van der Waals surface area contributed by atoms with Crippen molar-refractivity contribution in [2.24, 2.45) is 0 Å². The fourth-order valence-corrected chi connectivity index (χ4v) is 1.63. The molecule has 2 heterocycles. The van der Waals surface area contributed by atoms with Gasteiger partial charge in [-0.3, -0.25) is 0 Å². The number of aromatic nitrogens is 1. The number of hydrogen-bond donors (Lipinski definition) is 1. The van der Waals surface area contributed by atoms with Crippen molar-refractivity contribution in [3.8, 4) is 0 Å². The largest absolute Gasteiger partial charge is 0.497 e. The highest BCUT2D eigenvalue weighted by Crippen LogP contribution is 2.36. The average Bonchev–Trinajstić information content (AvgIpc) is 2.40. The first-order chi connectivity index (χ1) is 7.73. The van der Waals surface area contributed by atoms with E-state index in [1.54, 1.807) is 0 Å². The fourth-order valence-electron chi connectivity index (χ4n) is 1.63. The zero-order valence-electron chi connectivity index (χ0n) is 10.5. The molecule has 92 valence electrons. The minimum Gasteiger partial charge on any atom is -0.399 e. The number of rotatable bonds is 1. The average molecular weight is 238 g/mol. The standard InChI is InChI=1S/C11H16BFN2O2/c1-10(2)11(3,4)17-12(16-10)7-5-9(13)15-6-8(7)14/h5-6H,14H2,1-4H3. The van der Waals surface area contributed by atoms with Crippen molar-refractivity contribution < 1.29 is 13.7 Å². The van der Waals surface area contributed by atoms with Crippen LogP contribution in [0.5, 0.6) is 0 Å². The third kappa shape index (κ3) is 2.02. The van der Waals surface area contributed by atoms with E-state index in [9.17, 15) is 4.39 Å². The van der Waals surface area contributed by atoms with Gasteiger partial charge in [0.2, 0.25) is 5.95 Å². The second-order valence-electron chi connectivity index (χ2n) is 5.22. The first-order valence-corrected chi connectivity index (χ1v) is 5.49. The molecule has 2 N–H and O–H groups in total. The summed E-state index contributed by atoms with van der Waals surface area (Å²) in [6.45, 7) is 7.73. The maximum Gasteiger partial charge on any atom is 0.497 e. The van der Waals surface area contributed by atoms with Gasteiger partial charge >= 0.3 is 7.12 Å². The molecule has 1 saturated heterocycles. The molecule has 0 spiro atoms. The van der Waals surface area contributed by atoms with E-state index in [0.717, 1.165) is 0 Å². The molecule has 0 amide bonds. The van der Waals surface area contributed by atoms with Crippen molar-refractivity contribution in [1.29, 1.82) is 0 Å². The van der Waals surface area contributed by atoms with Gasteiger partial charge in [-0.25, -0.2) is 4.98 Å². The SMILES string of the molecule is CC1(C)OB(c2cc(F)ncc2N)OC1(C)C. The summed E-state index contributed by atoms with van der Waals surface area (Å²) in [5.74, 6) is -0.594. The van der Waals surface area contributed by atoms with Gasteiger partial charge < -0.3 is 15.0 Å². The summed E-state index contributed by atoms with van der Waals surface area (Å²) in [5, 5.41) is 0. The van der Waals surface area contributed by atoms with Crippen LogP contribution in [0.15, 0.2) is 12.3 Å². The number of anilines is 1. The van der Waals surface area contributed by atoms with E-state index in [4.69, 9.17) is 15.0 Å². The zero-order valence-corrected chi connectivity index (χ0v) is 10.5. The van der Waals surface area contributed by atoms with Crippen molar-refractivity contribution in [1.82, 2.24) is 4.98 Å². The molecule has 0 atom stereocenters. The maximum absolute atomic E-state index is 13.1. The molecule has 1 aromatic heterocycles. The number of nitrogens with zero attached hydrogens (tertiary/aromatic N) is 1. The van der Waals surface area contributed by atoms with E-state index >= 15 is 0 Å². The summed E-state index contributed by atoms with van der Waals surface area (Å²) in [7, 11) is -0.655. The predicted molar refractivity (Wildman–Crippen MR) is 64.3 cm³/mol.